The Kier molecular flexibility index (Phi) is 6.34. The molecule has 5 nitrogen and oxygen atoms in total. The minimum atomic E-state index is -0.949. The first-order chi connectivity index (χ1) is 17.6. The highest BCUT2D eigenvalue weighted by molar-refractivity contribution is 5.87. The third-order valence-electron chi connectivity index (χ3n) is 6.87. The van der Waals surface area contributed by atoms with Crippen LogP contribution in [0.5, 0.6) is 5.75 Å². The third kappa shape index (κ3) is 4.25. The van der Waals surface area contributed by atoms with Gasteiger partial charge in [-0.2, -0.15) is 0 Å². The second-order valence-electron chi connectivity index (χ2n) is 8.84. The Morgan fingerprint density at radius 2 is 1.22 bits per heavy atom. The van der Waals surface area contributed by atoms with Crippen LogP contribution < -0.4 is 4.74 Å². The molecular formula is C31H23NO4. The standard InChI is InChI=1S/C31H23NO4/c1-32-24-18-17-23(20-11-5-2-6-12-20)19-25(24)36-31(35)29-26(21-13-7-3-8-14-21)28(30(33)34)27(29)22-15-9-4-10-16-22/h2-19,26-29H,(H,33,34)/t26-,27?,28?,29?/m1/s1. The van der Waals surface area contributed by atoms with Gasteiger partial charge < -0.3 is 9.84 Å². The summed E-state index contributed by atoms with van der Waals surface area (Å²) < 4.78 is 5.89. The Labute approximate surface area is 209 Å². The van der Waals surface area contributed by atoms with E-state index in [1.54, 1.807) is 12.1 Å². The highest BCUT2D eigenvalue weighted by atomic mass is 16.5. The predicted molar refractivity (Wildman–Crippen MR) is 137 cm³/mol. The lowest BCUT2D eigenvalue weighted by molar-refractivity contribution is -0.158. The summed E-state index contributed by atoms with van der Waals surface area (Å²) in [5.41, 5.74) is 3.54. The Bertz CT molecular complexity index is 1380. The number of nitrogens with zero attached hydrogens (tertiary/aromatic N) is 1. The van der Waals surface area contributed by atoms with Crippen molar-refractivity contribution in [2.24, 2.45) is 11.8 Å². The van der Waals surface area contributed by atoms with Crippen molar-refractivity contribution in [2.75, 3.05) is 0 Å². The van der Waals surface area contributed by atoms with Crippen LogP contribution in [-0.2, 0) is 9.59 Å². The molecule has 1 fully saturated rings. The van der Waals surface area contributed by atoms with Gasteiger partial charge in [-0.1, -0.05) is 103 Å². The number of carbonyl (C=O) groups is 2. The zero-order chi connectivity index (χ0) is 25.1. The van der Waals surface area contributed by atoms with Crippen molar-refractivity contribution in [2.45, 2.75) is 11.8 Å². The molecule has 1 N–H and O–H groups in total. The van der Waals surface area contributed by atoms with Gasteiger partial charge in [-0.15, -0.1) is 0 Å². The number of rotatable bonds is 6. The van der Waals surface area contributed by atoms with Crippen molar-refractivity contribution >= 4 is 17.6 Å². The van der Waals surface area contributed by atoms with Gasteiger partial charge in [-0.25, -0.2) is 4.85 Å². The number of carbonyl (C=O) groups excluding carboxylic acids is 1. The number of carboxylic acid groups (broad SMARTS) is 1. The topological polar surface area (TPSA) is 68.0 Å². The fourth-order valence-corrected chi connectivity index (χ4v) is 5.20. The molecule has 5 heteroatoms. The van der Waals surface area contributed by atoms with E-state index in [-0.39, 0.29) is 11.4 Å². The second kappa shape index (κ2) is 9.89. The summed E-state index contributed by atoms with van der Waals surface area (Å²) >= 11 is 0. The number of ether oxygens (including phenoxy) is 1. The van der Waals surface area contributed by atoms with Crippen LogP contribution in [0, 0.1) is 18.4 Å². The van der Waals surface area contributed by atoms with Crippen LogP contribution in [0.25, 0.3) is 16.0 Å². The van der Waals surface area contributed by atoms with Crippen LogP contribution in [0.3, 0.4) is 0 Å². The number of hydrogen-bond donors (Lipinski definition) is 1. The molecule has 0 bridgehead atoms. The quantitative estimate of drug-likeness (QED) is 0.192. The van der Waals surface area contributed by atoms with Gasteiger partial charge in [-0.3, -0.25) is 9.59 Å². The van der Waals surface area contributed by atoms with Crippen LogP contribution in [0.1, 0.15) is 23.0 Å². The normalized spacial score (nSPS) is 20.5. The molecule has 0 spiro atoms. The van der Waals surface area contributed by atoms with Gasteiger partial charge in [0.1, 0.15) is 5.75 Å². The molecule has 0 saturated heterocycles. The first-order valence-corrected chi connectivity index (χ1v) is 11.7. The zero-order valence-corrected chi connectivity index (χ0v) is 19.3. The van der Waals surface area contributed by atoms with E-state index in [0.29, 0.717) is 0 Å². The summed E-state index contributed by atoms with van der Waals surface area (Å²) in [4.78, 5) is 29.7. The molecule has 1 saturated carbocycles. The van der Waals surface area contributed by atoms with E-state index in [1.807, 2.05) is 97.1 Å². The molecule has 0 amide bonds. The highest BCUT2D eigenvalue weighted by Gasteiger charge is 2.59. The maximum Gasteiger partial charge on any atom is 0.314 e. The van der Waals surface area contributed by atoms with Gasteiger partial charge in [0.15, 0.2) is 0 Å². The third-order valence-corrected chi connectivity index (χ3v) is 6.87. The van der Waals surface area contributed by atoms with Crippen LogP contribution in [0.15, 0.2) is 109 Å². The maximum absolute atomic E-state index is 13.7. The molecular weight excluding hydrogens is 450 g/mol. The van der Waals surface area contributed by atoms with E-state index in [1.165, 1.54) is 0 Å². The highest BCUT2D eigenvalue weighted by Crippen LogP contribution is 2.58. The summed E-state index contributed by atoms with van der Waals surface area (Å²) in [7, 11) is 0. The van der Waals surface area contributed by atoms with Gasteiger partial charge in [0, 0.05) is 11.8 Å². The molecule has 4 atom stereocenters. The maximum atomic E-state index is 13.7. The fourth-order valence-electron chi connectivity index (χ4n) is 5.20. The summed E-state index contributed by atoms with van der Waals surface area (Å²) in [5.74, 6) is -3.89. The zero-order valence-electron chi connectivity index (χ0n) is 19.3. The minimum Gasteiger partial charge on any atom is -0.481 e. The number of esters is 1. The van der Waals surface area contributed by atoms with E-state index in [2.05, 4.69) is 4.85 Å². The van der Waals surface area contributed by atoms with Crippen LogP contribution in [0.2, 0.25) is 0 Å². The van der Waals surface area contributed by atoms with Crippen molar-refractivity contribution in [3.05, 3.63) is 132 Å². The van der Waals surface area contributed by atoms with E-state index in [4.69, 9.17) is 11.3 Å². The number of benzene rings is 4. The van der Waals surface area contributed by atoms with Crippen molar-refractivity contribution in [3.8, 4) is 16.9 Å². The molecule has 0 radical (unpaired) electrons. The van der Waals surface area contributed by atoms with Crippen molar-refractivity contribution in [1.29, 1.82) is 0 Å². The summed E-state index contributed by atoms with van der Waals surface area (Å²) in [6.07, 6.45) is 0. The average Bonchev–Trinajstić information content (AvgIpc) is 2.89. The molecule has 4 aromatic rings. The first-order valence-electron chi connectivity index (χ1n) is 11.7. The van der Waals surface area contributed by atoms with Gasteiger partial charge in [0.25, 0.3) is 0 Å². The first kappa shape index (κ1) is 23.1. The monoisotopic (exact) mass is 473 g/mol. The molecule has 0 heterocycles. The van der Waals surface area contributed by atoms with E-state index in [0.717, 1.165) is 22.3 Å². The second-order valence-corrected chi connectivity index (χ2v) is 8.84. The molecule has 1 aliphatic carbocycles. The SMILES string of the molecule is [C-]#[N+]c1ccc(-c2ccccc2)cc1OC(=O)C1C(c2ccccc2)C(C(=O)O)[C@H]1c1ccccc1. The Hall–Kier alpha value is -4.69. The minimum absolute atomic E-state index is 0.175. The van der Waals surface area contributed by atoms with Gasteiger partial charge >= 0.3 is 11.9 Å². The average molecular weight is 474 g/mol. The lowest BCUT2D eigenvalue weighted by Crippen LogP contribution is -2.52. The molecule has 0 aromatic heterocycles. The molecule has 4 aromatic carbocycles. The van der Waals surface area contributed by atoms with E-state index < -0.39 is 35.6 Å². The van der Waals surface area contributed by atoms with Gasteiger partial charge in [-0.05, 0) is 28.3 Å². The Balaban J connectivity index is 1.54. The summed E-state index contributed by atoms with van der Waals surface area (Å²) in [6.45, 7) is 7.56. The van der Waals surface area contributed by atoms with Gasteiger partial charge in [0.2, 0.25) is 5.69 Å². The molecule has 5 rings (SSSR count). The molecule has 36 heavy (non-hydrogen) atoms. The Morgan fingerprint density at radius 3 is 1.72 bits per heavy atom. The Morgan fingerprint density at radius 1 is 0.694 bits per heavy atom. The summed E-state index contributed by atoms with van der Waals surface area (Å²) in [5, 5.41) is 10.1. The largest absolute Gasteiger partial charge is 0.481 e. The van der Waals surface area contributed by atoms with E-state index in [9.17, 15) is 14.7 Å². The molecule has 3 unspecified atom stereocenters. The van der Waals surface area contributed by atoms with Crippen molar-refractivity contribution in [3.63, 3.8) is 0 Å². The number of carboxylic acids is 1. The number of hydrogen-bond acceptors (Lipinski definition) is 3. The lowest BCUT2D eigenvalue weighted by atomic mass is 9.52. The predicted octanol–water partition coefficient (Wildman–Crippen LogP) is 6.71. The number of aliphatic carboxylic acids is 1. The fraction of sp³-hybridized carbons (Fsp3) is 0.129. The van der Waals surface area contributed by atoms with Crippen LogP contribution >= 0.6 is 0 Å². The van der Waals surface area contributed by atoms with Crippen molar-refractivity contribution < 1.29 is 19.4 Å². The lowest BCUT2D eigenvalue weighted by Gasteiger charge is -2.49. The van der Waals surface area contributed by atoms with Crippen LogP contribution in [0.4, 0.5) is 5.69 Å². The van der Waals surface area contributed by atoms with Crippen molar-refractivity contribution in [1.82, 2.24) is 0 Å². The van der Waals surface area contributed by atoms with Gasteiger partial charge in [0.05, 0.1) is 18.4 Å². The molecule has 1 aliphatic rings. The van der Waals surface area contributed by atoms with E-state index >= 15 is 0 Å². The summed E-state index contributed by atoms with van der Waals surface area (Å²) in [6, 6.07) is 33.3. The molecule has 176 valence electrons. The van der Waals surface area contributed by atoms with Crippen LogP contribution in [-0.4, -0.2) is 17.0 Å². The molecule has 0 aliphatic heterocycles. The smallest absolute Gasteiger partial charge is 0.314 e.